The van der Waals surface area contributed by atoms with E-state index in [0.717, 1.165) is 37.4 Å². The van der Waals surface area contributed by atoms with Gasteiger partial charge < -0.3 is 19.9 Å². The van der Waals surface area contributed by atoms with E-state index in [-0.39, 0.29) is 30.4 Å². The van der Waals surface area contributed by atoms with Crippen LogP contribution < -0.4 is 15.4 Å². The lowest BCUT2D eigenvalue weighted by Gasteiger charge is -2.37. The van der Waals surface area contributed by atoms with Crippen LogP contribution in [0.4, 0.5) is 0 Å². The molecule has 34 heavy (non-hydrogen) atoms. The molecule has 0 aliphatic carbocycles. The van der Waals surface area contributed by atoms with E-state index in [1.807, 2.05) is 30.3 Å². The Morgan fingerprint density at radius 2 is 1.91 bits per heavy atom. The number of likely N-dealkylation sites (tertiary alicyclic amines) is 1. The molecule has 0 aromatic heterocycles. The van der Waals surface area contributed by atoms with E-state index in [1.165, 1.54) is 5.56 Å². The highest BCUT2D eigenvalue weighted by atomic mass is 16.5. The van der Waals surface area contributed by atoms with Crippen molar-refractivity contribution in [2.75, 3.05) is 20.1 Å². The quantitative estimate of drug-likeness (QED) is 0.635. The number of rotatable bonds is 6. The average molecular weight is 463 g/mol. The third-order valence-corrected chi connectivity index (χ3v) is 6.96. The van der Waals surface area contributed by atoms with E-state index in [4.69, 9.17) is 4.74 Å². The number of likely N-dealkylation sites (N-methyl/N-ethyl adjacent to an activating group) is 1. The number of imide groups is 1. The summed E-state index contributed by atoms with van der Waals surface area (Å²) in [6.07, 6.45) is 1.57. The molecule has 1 unspecified atom stereocenters. The Morgan fingerprint density at radius 3 is 2.71 bits per heavy atom. The fourth-order valence-corrected chi connectivity index (χ4v) is 5.07. The third-order valence-electron chi connectivity index (χ3n) is 6.96. The van der Waals surface area contributed by atoms with Crippen LogP contribution >= 0.6 is 0 Å². The number of hydrogen-bond donors (Lipinski definition) is 2. The van der Waals surface area contributed by atoms with Crippen LogP contribution in [0.25, 0.3) is 0 Å². The van der Waals surface area contributed by atoms with E-state index in [9.17, 15) is 14.4 Å². The number of benzene rings is 2. The number of amides is 3. The Balaban J connectivity index is 1.27. The highest BCUT2D eigenvalue weighted by molar-refractivity contribution is 6.05. The molecule has 3 aliphatic heterocycles. The summed E-state index contributed by atoms with van der Waals surface area (Å²) in [5, 5.41) is 6.00. The molecule has 2 aromatic carbocycles. The number of fused-ring (bicyclic) bond motifs is 1. The zero-order valence-electron chi connectivity index (χ0n) is 19.3. The van der Waals surface area contributed by atoms with Gasteiger partial charge in [0, 0.05) is 37.7 Å². The zero-order chi connectivity index (χ0) is 23.7. The molecular weight excluding hydrogens is 432 g/mol. The van der Waals surface area contributed by atoms with E-state index in [2.05, 4.69) is 34.7 Å². The van der Waals surface area contributed by atoms with E-state index in [1.54, 1.807) is 11.0 Å². The smallest absolute Gasteiger partial charge is 0.255 e. The van der Waals surface area contributed by atoms with Gasteiger partial charge in [-0.2, -0.15) is 0 Å². The zero-order valence-corrected chi connectivity index (χ0v) is 19.3. The Morgan fingerprint density at radius 1 is 1.09 bits per heavy atom. The van der Waals surface area contributed by atoms with Gasteiger partial charge in [0.1, 0.15) is 17.9 Å². The lowest BCUT2D eigenvalue weighted by atomic mass is 10.0. The van der Waals surface area contributed by atoms with Crippen molar-refractivity contribution < 1.29 is 19.1 Å². The van der Waals surface area contributed by atoms with E-state index < -0.39 is 11.9 Å². The van der Waals surface area contributed by atoms with Gasteiger partial charge in [-0.15, -0.1) is 0 Å². The Bertz CT molecular complexity index is 1090. The predicted molar refractivity (Wildman–Crippen MR) is 126 cm³/mol. The molecular formula is C26H30N4O4. The number of carbonyl (C=O) groups excluding carboxylic acids is 3. The first-order valence-corrected chi connectivity index (χ1v) is 11.9. The summed E-state index contributed by atoms with van der Waals surface area (Å²) in [6.45, 7) is 2.95. The standard InChI is InChI=1S/C26H30N4O4/c1-29-12-11-21(27-14-17-5-3-2-4-6-17)23(16-29)34-19-7-8-20-18(13-19)15-30(26(20)33)22-9-10-24(31)28-25(22)32/h2-8,13,21-23,27H,9-12,14-16H2,1H3,(H,28,31,32)/t21-,22?,23-/m0/s1. The normalized spacial score (nSPS) is 25.3. The van der Waals surface area contributed by atoms with Crippen molar-refractivity contribution in [1.82, 2.24) is 20.4 Å². The van der Waals surface area contributed by atoms with Crippen molar-refractivity contribution in [1.29, 1.82) is 0 Å². The van der Waals surface area contributed by atoms with Gasteiger partial charge in [-0.3, -0.25) is 19.7 Å². The molecule has 3 aliphatic rings. The second kappa shape index (κ2) is 9.56. The first kappa shape index (κ1) is 22.6. The SMILES string of the molecule is CN1CC[C@H](NCc2ccccc2)[C@@H](Oc2ccc3c(c2)CN(C2CCC(=O)NC2=O)C3=O)C1. The van der Waals surface area contributed by atoms with Crippen molar-refractivity contribution in [3.8, 4) is 5.75 Å². The molecule has 5 rings (SSSR count). The topological polar surface area (TPSA) is 91.0 Å². The molecule has 3 atom stereocenters. The van der Waals surface area contributed by atoms with Crippen molar-refractivity contribution >= 4 is 17.7 Å². The third kappa shape index (κ3) is 4.69. The first-order valence-electron chi connectivity index (χ1n) is 11.9. The number of nitrogens with zero attached hydrogens (tertiary/aromatic N) is 2. The molecule has 2 fully saturated rings. The number of carbonyl (C=O) groups is 3. The van der Waals surface area contributed by atoms with Gasteiger partial charge in [-0.25, -0.2) is 0 Å². The predicted octanol–water partition coefficient (Wildman–Crippen LogP) is 1.69. The van der Waals surface area contributed by atoms with Crippen LogP contribution in [0.1, 0.15) is 40.7 Å². The van der Waals surface area contributed by atoms with Crippen LogP contribution in [0.3, 0.4) is 0 Å². The molecule has 8 nitrogen and oxygen atoms in total. The summed E-state index contributed by atoms with van der Waals surface area (Å²) in [5.41, 5.74) is 2.69. The first-order chi connectivity index (χ1) is 16.5. The van der Waals surface area contributed by atoms with Gasteiger partial charge in [0.05, 0.1) is 0 Å². The number of piperidine rings is 2. The minimum Gasteiger partial charge on any atom is -0.487 e. The van der Waals surface area contributed by atoms with E-state index in [0.29, 0.717) is 18.5 Å². The molecule has 2 N–H and O–H groups in total. The Labute approximate surface area is 199 Å². The minimum absolute atomic E-state index is 0.0242. The van der Waals surface area contributed by atoms with Crippen LogP contribution in [-0.2, 0) is 22.7 Å². The number of nitrogens with one attached hydrogen (secondary N) is 2. The van der Waals surface area contributed by atoms with Crippen LogP contribution in [-0.4, -0.2) is 65.8 Å². The van der Waals surface area contributed by atoms with Crippen molar-refractivity contribution in [3.63, 3.8) is 0 Å². The fourth-order valence-electron chi connectivity index (χ4n) is 5.07. The minimum atomic E-state index is -0.611. The maximum absolute atomic E-state index is 12.9. The Hall–Kier alpha value is -3.23. The van der Waals surface area contributed by atoms with Gasteiger partial charge in [0.2, 0.25) is 11.8 Å². The molecule has 2 saturated heterocycles. The maximum Gasteiger partial charge on any atom is 0.255 e. The highest BCUT2D eigenvalue weighted by Gasteiger charge is 2.39. The van der Waals surface area contributed by atoms with Crippen LogP contribution in [0.2, 0.25) is 0 Å². The highest BCUT2D eigenvalue weighted by Crippen LogP contribution is 2.31. The van der Waals surface area contributed by atoms with Gasteiger partial charge >= 0.3 is 0 Å². The molecule has 178 valence electrons. The largest absolute Gasteiger partial charge is 0.487 e. The summed E-state index contributed by atoms with van der Waals surface area (Å²) in [5.74, 6) is -0.125. The molecule has 3 heterocycles. The molecule has 2 aromatic rings. The summed E-state index contributed by atoms with van der Waals surface area (Å²) < 4.78 is 6.45. The van der Waals surface area contributed by atoms with Crippen molar-refractivity contribution in [2.24, 2.45) is 0 Å². The second-order valence-electron chi connectivity index (χ2n) is 9.40. The van der Waals surface area contributed by atoms with Gasteiger partial charge in [0.15, 0.2) is 0 Å². The summed E-state index contributed by atoms with van der Waals surface area (Å²) in [6, 6.07) is 15.5. The van der Waals surface area contributed by atoms with Crippen LogP contribution in [0.15, 0.2) is 48.5 Å². The molecule has 0 radical (unpaired) electrons. The van der Waals surface area contributed by atoms with Gasteiger partial charge in [-0.1, -0.05) is 30.3 Å². The summed E-state index contributed by atoms with van der Waals surface area (Å²) in [4.78, 5) is 40.5. The maximum atomic E-state index is 12.9. The fraction of sp³-hybridized carbons (Fsp3) is 0.423. The van der Waals surface area contributed by atoms with Crippen LogP contribution in [0, 0.1) is 0 Å². The molecule has 0 saturated carbocycles. The lowest BCUT2D eigenvalue weighted by molar-refractivity contribution is -0.136. The summed E-state index contributed by atoms with van der Waals surface area (Å²) in [7, 11) is 2.10. The Kier molecular flexibility index (Phi) is 6.34. The van der Waals surface area contributed by atoms with Crippen molar-refractivity contribution in [2.45, 2.75) is 50.5 Å². The molecule has 8 heteroatoms. The molecule has 0 bridgehead atoms. The average Bonchev–Trinajstić information content (AvgIpc) is 3.15. The van der Waals surface area contributed by atoms with Gasteiger partial charge in [0.25, 0.3) is 5.91 Å². The summed E-state index contributed by atoms with van der Waals surface area (Å²) >= 11 is 0. The molecule has 3 amide bonds. The number of ether oxygens (including phenoxy) is 1. The van der Waals surface area contributed by atoms with E-state index >= 15 is 0 Å². The van der Waals surface area contributed by atoms with Crippen molar-refractivity contribution in [3.05, 3.63) is 65.2 Å². The second-order valence-corrected chi connectivity index (χ2v) is 9.40. The monoisotopic (exact) mass is 462 g/mol. The molecule has 0 spiro atoms. The lowest BCUT2D eigenvalue weighted by Crippen LogP contribution is -2.53. The number of hydrogen-bond acceptors (Lipinski definition) is 6. The van der Waals surface area contributed by atoms with Gasteiger partial charge in [-0.05, 0) is 55.8 Å². The van der Waals surface area contributed by atoms with Crippen LogP contribution in [0.5, 0.6) is 5.75 Å².